The third-order valence-corrected chi connectivity index (χ3v) is 3.28. The van der Waals surface area contributed by atoms with E-state index >= 15 is 0 Å². The molecule has 0 saturated carbocycles. The van der Waals surface area contributed by atoms with Gasteiger partial charge in [-0.05, 0) is 41.8 Å². The zero-order valence-electron chi connectivity index (χ0n) is 8.08. The van der Waals surface area contributed by atoms with Crippen LogP contribution in [0.15, 0.2) is 29.7 Å². The maximum Gasteiger partial charge on any atom is 0.00924 e. The third-order valence-electron chi connectivity index (χ3n) is 2.44. The Morgan fingerprint density at radius 2 is 2.31 bits per heavy atom. The summed E-state index contributed by atoms with van der Waals surface area (Å²) in [4.78, 5) is 1.42. The number of hydrogen-bond acceptors (Lipinski definition) is 1. The van der Waals surface area contributed by atoms with E-state index in [1.807, 2.05) is 11.3 Å². The average Bonchev–Trinajstić information content (AvgIpc) is 2.51. The van der Waals surface area contributed by atoms with Gasteiger partial charge in [0.15, 0.2) is 0 Å². The number of hydrogen-bond donors (Lipinski definition) is 0. The van der Waals surface area contributed by atoms with E-state index < -0.39 is 0 Å². The summed E-state index contributed by atoms with van der Waals surface area (Å²) in [5.41, 5.74) is 2.81. The van der Waals surface area contributed by atoms with Crippen molar-refractivity contribution < 1.29 is 0 Å². The molecule has 0 aromatic carbocycles. The highest BCUT2D eigenvalue weighted by atomic mass is 32.1. The highest BCUT2D eigenvalue weighted by Gasteiger charge is 2.08. The van der Waals surface area contributed by atoms with Crippen molar-refractivity contribution in [1.29, 1.82) is 0 Å². The second kappa shape index (κ2) is 3.51. The van der Waals surface area contributed by atoms with Crippen LogP contribution in [0.3, 0.4) is 0 Å². The van der Waals surface area contributed by atoms with Crippen LogP contribution in [-0.2, 0) is 0 Å². The second-order valence-corrected chi connectivity index (χ2v) is 4.75. The van der Waals surface area contributed by atoms with E-state index in [4.69, 9.17) is 0 Å². The van der Waals surface area contributed by atoms with Gasteiger partial charge in [0.25, 0.3) is 0 Å². The Labute approximate surface area is 83.6 Å². The Hall–Kier alpha value is -0.820. The summed E-state index contributed by atoms with van der Waals surface area (Å²) < 4.78 is 0. The van der Waals surface area contributed by atoms with Gasteiger partial charge >= 0.3 is 0 Å². The molecule has 0 fully saturated rings. The van der Waals surface area contributed by atoms with Gasteiger partial charge in [0.1, 0.15) is 0 Å². The van der Waals surface area contributed by atoms with Gasteiger partial charge in [-0.2, -0.15) is 0 Å². The van der Waals surface area contributed by atoms with Crippen LogP contribution in [0.4, 0.5) is 0 Å². The summed E-state index contributed by atoms with van der Waals surface area (Å²) in [5, 5.41) is 2.17. The van der Waals surface area contributed by atoms with Gasteiger partial charge < -0.3 is 0 Å². The Balaban J connectivity index is 2.36. The molecule has 0 N–H and O–H groups in total. The number of thiophene rings is 1. The molecular weight excluding hydrogens is 176 g/mol. The Bertz CT molecular complexity index is 355. The smallest absolute Gasteiger partial charge is 0.00924 e. The number of rotatable bonds is 1. The van der Waals surface area contributed by atoms with Gasteiger partial charge in [-0.3, -0.25) is 0 Å². The van der Waals surface area contributed by atoms with Crippen molar-refractivity contribution in [2.24, 2.45) is 5.92 Å². The fourth-order valence-corrected chi connectivity index (χ4v) is 2.42. The molecule has 1 heteroatoms. The Kier molecular flexibility index (Phi) is 2.36. The van der Waals surface area contributed by atoms with Crippen molar-refractivity contribution in [2.75, 3.05) is 0 Å². The van der Waals surface area contributed by atoms with Crippen molar-refractivity contribution in [3.63, 3.8) is 0 Å². The first-order valence-electron chi connectivity index (χ1n) is 4.70. The molecule has 68 valence electrons. The maximum atomic E-state index is 2.37. The van der Waals surface area contributed by atoms with Crippen LogP contribution in [0.5, 0.6) is 0 Å². The number of aryl methyl sites for hydroxylation is 1. The molecule has 13 heavy (non-hydrogen) atoms. The fraction of sp³-hybridized carbons (Fsp3) is 0.333. The third kappa shape index (κ3) is 1.75. The van der Waals surface area contributed by atoms with E-state index in [-0.39, 0.29) is 0 Å². The van der Waals surface area contributed by atoms with Crippen molar-refractivity contribution in [3.8, 4) is 0 Å². The van der Waals surface area contributed by atoms with Crippen LogP contribution in [0.1, 0.15) is 23.8 Å². The Morgan fingerprint density at radius 3 is 2.92 bits per heavy atom. The second-order valence-electron chi connectivity index (χ2n) is 3.63. The lowest BCUT2D eigenvalue weighted by molar-refractivity contribution is 0.740. The van der Waals surface area contributed by atoms with Crippen molar-refractivity contribution in [3.05, 3.63) is 40.1 Å². The molecule has 2 rings (SSSR count). The summed E-state index contributed by atoms with van der Waals surface area (Å²) in [6, 6.07) is 2.22. The molecule has 1 aliphatic rings. The minimum absolute atomic E-state index is 0.694. The normalized spacial score (nSPS) is 21.7. The molecule has 0 saturated heterocycles. The van der Waals surface area contributed by atoms with E-state index in [9.17, 15) is 0 Å². The maximum absolute atomic E-state index is 2.37. The van der Waals surface area contributed by atoms with Crippen LogP contribution < -0.4 is 0 Å². The van der Waals surface area contributed by atoms with E-state index in [2.05, 4.69) is 43.5 Å². The average molecular weight is 190 g/mol. The predicted octanol–water partition coefficient (Wildman–Crippen LogP) is 4.04. The molecular formula is C12H14S. The first-order chi connectivity index (χ1) is 6.27. The molecule has 0 aliphatic heterocycles. The highest BCUT2D eigenvalue weighted by molar-refractivity contribution is 7.10. The van der Waals surface area contributed by atoms with Crippen molar-refractivity contribution in [1.82, 2.24) is 0 Å². The molecule has 0 nitrogen and oxygen atoms in total. The summed E-state index contributed by atoms with van der Waals surface area (Å²) in [7, 11) is 0. The lowest BCUT2D eigenvalue weighted by Gasteiger charge is -2.11. The molecule has 0 bridgehead atoms. The van der Waals surface area contributed by atoms with E-state index in [1.54, 1.807) is 0 Å². The molecule has 1 aromatic heterocycles. The molecule has 1 heterocycles. The lowest BCUT2D eigenvalue weighted by atomic mass is 9.94. The zero-order chi connectivity index (χ0) is 9.26. The highest BCUT2D eigenvalue weighted by Crippen LogP contribution is 2.29. The summed E-state index contributed by atoms with van der Waals surface area (Å²) in [6.45, 7) is 4.46. The molecule has 0 spiro atoms. The van der Waals surface area contributed by atoms with Gasteiger partial charge in [0.2, 0.25) is 0 Å². The monoisotopic (exact) mass is 190 g/mol. The van der Waals surface area contributed by atoms with Crippen molar-refractivity contribution in [2.45, 2.75) is 20.3 Å². The summed E-state index contributed by atoms with van der Waals surface area (Å²) in [5.74, 6) is 0.694. The first kappa shape index (κ1) is 8.76. The standard InChI is InChI=1S/C12H14S/c1-9-4-3-5-11(8-9)12-6-7-13-10(12)2/h3,5-9H,4H2,1-2H3. The first-order valence-corrected chi connectivity index (χ1v) is 5.58. The van der Waals surface area contributed by atoms with Crippen molar-refractivity contribution >= 4 is 16.9 Å². The quantitative estimate of drug-likeness (QED) is 0.627. The van der Waals surface area contributed by atoms with Crippen LogP contribution in [0, 0.1) is 12.8 Å². The molecule has 0 amide bonds. The summed E-state index contributed by atoms with van der Waals surface area (Å²) >= 11 is 1.82. The SMILES string of the molecule is Cc1sccc1C1=CC(C)CC=C1. The van der Waals surface area contributed by atoms with E-state index in [1.165, 1.54) is 22.4 Å². The molecule has 1 unspecified atom stereocenters. The molecule has 1 aromatic rings. The minimum atomic E-state index is 0.694. The molecule has 1 atom stereocenters. The van der Waals surface area contributed by atoms with E-state index in [0.29, 0.717) is 5.92 Å². The molecule has 1 aliphatic carbocycles. The van der Waals surface area contributed by atoms with Crippen LogP contribution in [0.2, 0.25) is 0 Å². The van der Waals surface area contributed by atoms with Crippen LogP contribution in [-0.4, -0.2) is 0 Å². The van der Waals surface area contributed by atoms with Gasteiger partial charge in [-0.15, -0.1) is 11.3 Å². The predicted molar refractivity (Wildman–Crippen MR) is 60.0 cm³/mol. The van der Waals surface area contributed by atoms with Gasteiger partial charge in [0.05, 0.1) is 0 Å². The largest absolute Gasteiger partial charge is 0.149 e. The van der Waals surface area contributed by atoms with Crippen LogP contribution >= 0.6 is 11.3 Å². The van der Waals surface area contributed by atoms with Crippen LogP contribution in [0.25, 0.3) is 5.57 Å². The topological polar surface area (TPSA) is 0 Å². The fourth-order valence-electron chi connectivity index (χ4n) is 1.70. The molecule has 0 radical (unpaired) electrons. The van der Waals surface area contributed by atoms with Gasteiger partial charge in [-0.1, -0.05) is 25.2 Å². The van der Waals surface area contributed by atoms with Gasteiger partial charge in [-0.25, -0.2) is 0 Å². The number of allylic oxidation sites excluding steroid dienone is 4. The Morgan fingerprint density at radius 1 is 1.46 bits per heavy atom. The lowest BCUT2D eigenvalue weighted by Crippen LogP contribution is -1.94. The minimum Gasteiger partial charge on any atom is -0.149 e. The zero-order valence-corrected chi connectivity index (χ0v) is 8.90. The van der Waals surface area contributed by atoms with Gasteiger partial charge in [0, 0.05) is 4.88 Å². The summed E-state index contributed by atoms with van der Waals surface area (Å²) in [6.07, 6.45) is 8.08. The van der Waals surface area contributed by atoms with E-state index in [0.717, 1.165) is 0 Å².